The predicted molar refractivity (Wildman–Crippen MR) is 115 cm³/mol. The van der Waals surface area contributed by atoms with Crippen LogP contribution in [0.2, 0.25) is 0 Å². The number of aliphatic hydroxyl groups is 1. The lowest BCUT2D eigenvalue weighted by Gasteiger charge is -2.37. The molecule has 3 heterocycles. The van der Waals surface area contributed by atoms with Crippen molar-refractivity contribution in [2.24, 2.45) is 11.8 Å². The third kappa shape index (κ3) is 3.59. The van der Waals surface area contributed by atoms with Crippen LogP contribution in [0.1, 0.15) is 39.2 Å². The van der Waals surface area contributed by atoms with E-state index in [9.17, 15) is 19.5 Å². The second kappa shape index (κ2) is 8.83. The van der Waals surface area contributed by atoms with Crippen LogP contribution >= 0.6 is 0 Å². The standard InChI is InChI=1S/C24H32N2O6/c1-4-31-23(30)18-17-10-11-24(32-17)19(18)22(29)26(20(24)21(28)25-14(2)3)16(13-27)12-15-8-6-5-7-9-15/h5-9,14,16-20,27H,4,10-13H2,1-3H3,(H,25,28)/t16-,17+,18-,19-,20+,24-/m1/s1. The Labute approximate surface area is 188 Å². The number of ether oxygens (including phenoxy) is 2. The van der Waals surface area contributed by atoms with Crippen LogP contribution in [-0.2, 0) is 30.3 Å². The molecular formula is C24H32N2O6. The van der Waals surface area contributed by atoms with E-state index in [0.717, 1.165) is 5.56 Å². The molecule has 8 nitrogen and oxygen atoms in total. The zero-order valence-electron chi connectivity index (χ0n) is 18.8. The molecule has 0 aromatic heterocycles. The molecule has 3 aliphatic rings. The van der Waals surface area contributed by atoms with Gasteiger partial charge in [-0.1, -0.05) is 30.3 Å². The van der Waals surface area contributed by atoms with Crippen LogP contribution in [0.15, 0.2) is 30.3 Å². The maximum atomic E-state index is 13.8. The van der Waals surface area contributed by atoms with Crippen molar-refractivity contribution in [1.29, 1.82) is 0 Å². The first-order valence-electron chi connectivity index (χ1n) is 11.5. The van der Waals surface area contributed by atoms with Crippen LogP contribution in [0.25, 0.3) is 0 Å². The zero-order chi connectivity index (χ0) is 23.0. The molecule has 4 rings (SSSR count). The number of fused-ring (bicyclic) bond motifs is 1. The highest BCUT2D eigenvalue weighted by atomic mass is 16.6. The number of carbonyl (C=O) groups excluding carboxylic acids is 3. The molecule has 0 radical (unpaired) electrons. The van der Waals surface area contributed by atoms with Crippen molar-refractivity contribution in [2.75, 3.05) is 13.2 Å². The predicted octanol–water partition coefficient (Wildman–Crippen LogP) is 1.05. The van der Waals surface area contributed by atoms with Crippen LogP contribution in [0.3, 0.4) is 0 Å². The molecule has 1 aromatic carbocycles. The van der Waals surface area contributed by atoms with Gasteiger partial charge in [0.15, 0.2) is 0 Å². The quantitative estimate of drug-likeness (QED) is 0.581. The number of amides is 2. The highest BCUT2D eigenvalue weighted by Crippen LogP contribution is 2.59. The number of esters is 1. The van der Waals surface area contributed by atoms with E-state index >= 15 is 0 Å². The van der Waals surface area contributed by atoms with Crippen LogP contribution in [0, 0.1) is 11.8 Å². The molecule has 3 saturated heterocycles. The van der Waals surface area contributed by atoms with Crippen molar-refractivity contribution in [3.63, 3.8) is 0 Å². The SMILES string of the molecule is CCOC(=O)[C@@H]1[C@@H]2CC[C@]3(O2)[C@H](C(=O)NC(C)C)N([C@@H](CO)Cc2ccccc2)C(=O)[C@@H]13. The van der Waals surface area contributed by atoms with Gasteiger partial charge in [-0.15, -0.1) is 0 Å². The molecule has 32 heavy (non-hydrogen) atoms. The highest BCUT2D eigenvalue weighted by Gasteiger charge is 2.75. The van der Waals surface area contributed by atoms with Crippen molar-refractivity contribution in [3.8, 4) is 0 Å². The van der Waals surface area contributed by atoms with Gasteiger partial charge in [0, 0.05) is 6.04 Å². The van der Waals surface area contributed by atoms with E-state index in [-0.39, 0.29) is 31.1 Å². The first-order chi connectivity index (χ1) is 15.3. The van der Waals surface area contributed by atoms with E-state index in [4.69, 9.17) is 9.47 Å². The molecule has 2 bridgehead atoms. The number of benzene rings is 1. The van der Waals surface area contributed by atoms with Crippen molar-refractivity contribution >= 4 is 17.8 Å². The molecule has 8 heteroatoms. The van der Waals surface area contributed by atoms with Gasteiger partial charge in [-0.2, -0.15) is 0 Å². The van der Waals surface area contributed by atoms with Gasteiger partial charge in [0.05, 0.1) is 37.2 Å². The summed E-state index contributed by atoms with van der Waals surface area (Å²) < 4.78 is 11.6. The Balaban J connectivity index is 1.74. The van der Waals surface area contributed by atoms with E-state index in [1.807, 2.05) is 44.2 Å². The molecule has 0 unspecified atom stereocenters. The summed E-state index contributed by atoms with van der Waals surface area (Å²) in [6.45, 7) is 5.35. The van der Waals surface area contributed by atoms with Crippen molar-refractivity contribution in [2.45, 2.75) is 69.9 Å². The molecule has 1 aromatic rings. The van der Waals surface area contributed by atoms with E-state index in [2.05, 4.69) is 5.32 Å². The number of aliphatic hydroxyl groups excluding tert-OH is 1. The van der Waals surface area contributed by atoms with E-state index < -0.39 is 41.6 Å². The van der Waals surface area contributed by atoms with E-state index in [1.54, 1.807) is 6.92 Å². The summed E-state index contributed by atoms with van der Waals surface area (Å²) in [6.07, 6.45) is 1.07. The maximum absolute atomic E-state index is 13.8. The minimum absolute atomic E-state index is 0.129. The van der Waals surface area contributed by atoms with Gasteiger partial charge >= 0.3 is 5.97 Å². The topological polar surface area (TPSA) is 105 Å². The van der Waals surface area contributed by atoms with Gasteiger partial charge in [0.2, 0.25) is 11.8 Å². The summed E-state index contributed by atoms with van der Waals surface area (Å²) in [4.78, 5) is 41.5. The smallest absolute Gasteiger partial charge is 0.312 e. The number of hydrogen-bond acceptors (Lipinski definition) is 6. The fraction of sp³-hybridized carbons (Fsp3) is 0.625. The molecular weight excluding hydrogens is 412 g/mol. The monoisotopic (exact) mass is 444 g/mol. The number of likely N-dealkylation sites (tertiary alicyclic amines) is 1. The summed E-state index contributed by atoms with van der Waals surface area (Å²) in [5.41, 5.74) is -0.133. The van der Waals surface area contributed by atoms with Gasteiger partial charge < -0.3 is 24.8 Å². The Kier molecular flexibility index (Phi) is 6.27. The molecule has 0 aliphatic carbocycles. The summed E-state index contributed by atoms with van der Waals surface area (Å²) in [7, 11) is 0. The molecule has 174 valence electrons. The first kappa shape index (κ1) is 22.7. The van der Waals surface area contributed by atoms with Gasteiger partial charge in [-0.3, -0.25) is 14.4 Å². The van der Waals surface area contributed by atoms with Gasteiger partial charge in [0.1, 0.15) is 11.6 Å². The summed E-state index contributed by atoms with van der Waals surface area (Å²) in [5.74, 6) is -2.60. The number of rotatable bonds is 8. The maximum Gasteiger partial charge on any atom is 0.312 e. The first-order valence-corrected chi connectivity index (χ1v) is 11.5. The molecule has 6 atom stereocenters. The number of nitrogens with one attached hydrogen (secondary N) is 1. The third-order valence-electron chi connectivity index (χ3n) is 6.89. The van der Waals surface area contributed by atoms with Gasteiger partial charge in [0.25, 0.3) is 0 Å². The third-order valence-corrected chi connectivity index (χ3v) is 6.89. The Hall–Kier alpha value is -2.45. The van der Waals surface area contributed by atoms with E-state index in [1.165, 1.54) is 4.90 Å². The molecule has 2 amide bonds. The fourth-order valence-corrected chi connectivity index (χ4v) is 5.79. The molecule has 0 saturated carbocycles. The summed E-state index contributed by atoms with van der Waals surface area (Å²) in [6, 6.07) is 7.89. The van der Waals surface area contributed by atoms with Crippen molar-refractivity contribution in [1.82, 2.24) is 10.2 Å². The van der Waals surface area contributed by atoms with E-state index in [0.29, 0.717) is 19.3 Å². The highest BCUT2D eigenvalue weighted by molar-refractivity contribution is 5.98. The average molecular weight is 445 g/mol. The Bertz CT molecular complexity index is 875. The number of nitrogens with zero attached hydrogens (tertiary/aromatic N) is 1. The normalized spacial score (nSPS) is 31.7. The van der Waals surface area contributed by atoms with Crippen LogP contribution < -0.4 is 5.32 Å². The second-order valence-corrected chi connectivity index (χ2v) is 9.24. The molecule has 3 fully saturated rings. The number of hydrogen-bond donors (Lipinski definition) is 2. The van der Waals surface area contributed by atoms with Crippen molar-refractivity contribution in [3.05, 3.63) is 35.9 Å². The Morgan fingerprint density at radius 3 is 2.66 bits per heavy atom. The average Bonchev–Trinajstić information content (AvgIpc) is 3.40. The lowest BCUT2D eigenvalue weighted by atomic mass is 9.70. The Morgan fingerprint density at radius 1 is 1.31 bits per heavy atom. The molecule has 1 spiro atoms. The van der Waals surface area contributed by atoms with Gasteiger partial charge in [-0.25, -0.2) is 0 Å². The minimum Gasteiger partial charge on any atom is -0.466 e. The Morgan fingerprint density at radius 2 is 2.03 bits per heavy atom. The molecule has 2 N–H and O–H groups in total. The zero-order valence-corrected chi connectivity index (χ0v) is 18.8. The minimum atomic E-state index is -1.08. The van der Waals surface area contributed by atoms with Crippen LogP contribution in [0.4, 0.5) is 0 Å². The summed E-state index contributed by atoms with van der Waals surface area (Å²) in [5, 5.41) is 13.2. The van der Waals surface area contributed by atoms with Crippen LogP contribution in [0.5, 0.6) is 0 Å². The second-order valence-electron chi connectivity index (χ2n) is 9.24. The lowest BCUT2D eigenvalue weighted by Crippen LogP contribution is -2.59. The van der Waals surface area contributed by atoms with Crippen molar-refractivity contribution < 1.29 is 29.0 Å². The largest absolute Gasteiger partial charge is 0.466 e. The van der Waals surface area contributed by atoms with Gasteiger partial charge in [-0.05, 0) is 45.6 Å². The number of carbonyl (C=O) groups is 3. The van der Waals surface area contributed by atoms with Crippen LogP contribution in [-0.4, -0.2) is 70.8 Å². The lowest BCUT2D eigenvalue weighted by molar-refractivity contribution is -0.155. The molecule has 3 aliphatic heterocycles. The fourth-order valence-electron chi connectivity index (χ4n) is 5.79. The summed E-state index contributed by atoms with van der Waals surface area (Å²) >= 11 is 0.